The molecule has 2 aromatic carbocycles. The molecular formula is C20H15Cl2N3O3. The normalized spacial score (nSPS) is 11.3. The smallest absolute Gasteiger partial charge is 0.275 e. The number of aromatic nitrogens is 3. The molecule has 0 saturated carbocycles. The van der Waals surface area contributed by atoms with Crippen LogP contribution in [0.25, 0.3) is 28.3 Å². The van der Waals surface area contributed by atoms with E-state index >= 15 is 0 Å². The zero-order valence-corrected chi connectivity index (χ0v) is 16.5. The van der Waals surface area contributed by atoms with Gasteiger partial charge in [-0.05, 0) is 55.4 Å². The Morgan fingerprint density at radius 1 is 1.14 bits per heavy atom. The molecule has 0 unspecified atom stereocenters. The first-order valence-corrected chi connectivity index (χ1v) is 9.28. The topological polar surface area (TPSA) is 70.2 Å². The van der Waals surface area contributed by atoms with Crippen LogP contribution in [0.15, 0.2) is 47.1 Å². The first-order valence-electron chi connectivity index (χ1n) is 8.52. The molecule has 0 amide bonds. The monoisotopic (exact) mass is 415 g/mol. The van der Waals surface area contributed by atoms with Gasteiger partial charge in [0.15, 0.2) is 0 Å². The molecule has 0 fully saturated rings. The standard InChI is InChI=1S/C20H15Cl2N3O3/c1-11(2)27-13-4-5-14(16(21)8-13)19-23-20(24-28-19)25-9-17(22)15-7-12(10-26)3-6-18(15)25/h3-11H,1-2H3. The van der Waals surface area contributed by atoms with Gasteiger partial charge in [0, 0.05) is 17.1 Å². The van der Waals surface area contributed by atoms with Crippen molar-refractivity contribution >= 4 is 40.4 Å². The molecule has 4 aromatic rings. The predicted octanol–water partition coefficient (Wildman–Crippen LogP) is 5.59. The minimum atomic E-state index is 0.0448. The Morgan fingerprint density at radius 2 is 1.96 bits per heavy atom. The van der Waals surface area contributed by atoms with E-state index in [1.54, 1.807) is 47.2 Å². The van der Waals surface area contributed by atoms with Crippen LogP contribution in [0.3, 0.4) is 0 Å². The average Bonchev–Trinajstić information content (AvgIpc) is 3.26. The molecule has 0 radical (unpaired) electrons. The number of benzene rings is 2. The van der Waals surface area contributed by atoms with Crippen molar-refractivity contribution in [2.75, 3.05) is 0 Å². The summed E-state index contributed by atoms with van der Waals surface area (Å²) in [6.45, 7) is 3.88. The van der Waals surface area contributed by atoms with Crippen LogP contribution in [0.5, 0.6) is 5.75 Å². The summed E-state index contributed by atoms with van der Waals surface area (Å²) < 4.78 is 12.7. The molecule has 0 spiro atoms. The average molecular weight is 416 g/mol. The minimum Gasteiger partial charge on any atom is -0.491 e. The SMILES string of the molecule is CC(C)Oc1ccc(-c2nc(-n3cc(Cl)c4cc(C=O)ccc43)no2)c(Cl)c1. The summed E-state index contributed by atoms with van der Waals surface area (Å²) in [5, 5.41) is 5.70. The second kappa shape index (κ2) is 7.30. The number of hydrogen-bond donors (Lipinski definition) is 0. The number of nitrogens with zero attached hydrogens (tertiary/aromatic N) is 3. The highest BCUT2D eigenvalue weighted by atomic mass is 35.5. The van der Waals surface area contributed by atoms with Gasteiger partial charge in [-0.25, -0.2) is 0 Å². The molecule has 2 heterocycles. The van der Waals surface area contributed by atoms with Crippen molar-refractivity contribution in [2.24, 2.45) is 0 Å². The number of carbonyl (C=O) groups excluding carboxylic acids is 1. The van der Waals surface area contributed by atoms with Gasteiger partial charge in [-0.3, -0.25) is 9.36 Å². The summed E-state index contributed by atoms with van der Waals surface area (Å²) >= 11 is 12.7. The molecule has 142 valence electrons. The van der Waals surface area contributed by atoms with E-state index in [2.05, 4.69) is 10.1 Å². The molecule has 2 aromatic heterocycles. The lowest BCUT2D eigenvalue weighted by atomic mass is 10.2. The third-order valence-corrected chi connectivity index (χ3v) is 4.70. The van der Waals surface area contributed by atoms with Gasteiger partial charge in [0.25, 0.3) is 11.8 Å². The van der Waals surface area contributed by atoms with Crippen LogP contribution in [0.4, 0.5) is 0 Å². The van der Waals surface area contributed by atoms with Gasteiger partial charge in [0.1, 0.15) is 12.0 Å². The Balaban J connectivity index is 1.72. The van der Waals surface area contributed by atoms with Crippen LogP contribution in [0.1, 0.15) is 24.2 Å². The number of aldehydes is 1. The molecule has 0 aliphatic carbocycles. The van der Waals surface area contributed by atoms with Crippen molar-refractivity contribution in [3.8, 4) is 23.2 Å². The lowest BCUT2D eigenvalue weighted by molar-refractivity contribution is 0.112. The number of carbonyl (C=O) groups is 1. The van der Waals surface area contributed by atoms with Gasteiger partial charge in [-0.2, -0.15) is 4.98 Å². The fraction of sp³-hybridized carbons (Fsp3) is 0.150. The minimum absolute atomic E-state index is 0.0448. The summed E-state index contributed by atoms with van der Waals surface area (Å²) in [5.41, 5.74) is 1.90. The highest BCUT2D eigenvalue weighted by molar-refractivity contribution is 6.35. The molecular weight excluding hydrogens is 401 g/mol. The fourth-order valence-electron chi connectivity index (χ4n) is 2.88. The van der Waals surface area contributed by atoms with E-state index in [-0.39, 0.29) is 12.0 Å². The quantitative estimate of drug-likeness (QED) is 0.397. The summed E-state index contributed by atoms with van der Waals surface area (Å²) in [7, 11) is 0. The van der Waals surface area contributed by atoms with Crippen molar-refractivity contribution in [2.45, 2.75) is 20.0 Å². The van der Waals surface area contributed by atoms with E-state index in [0.717, 1.165) is 17.2 Å². The van der Waals surface area contributed by atoms with Gasteiger partial charge >= 0.3 is 0 Å². The maximum absolute atomic E-state index is 11.0. The van der Waals surface area contributed by atoms with E-state index in [9.17, 15) is 4.79 Å². The highest BCUT2D eigenvalue weighted by Crippen LogP contribution is 2.32. The number of rotatable bonds is 5. The van der Waals surface area contributed by atoms with Gasteiger partial charge in [-0.1, -0.05) is 23.2 Å². The summed E-state index contributed by atoms with van der Waals surface area (Å²) in [6, 6.07) is 10.5. The third-order valence-electron chi connectivity index (χ3n) is 4.09. The van der Waals surface area contributed by atoms with Gasteiger partial charge < -0.3 is 9.26 Å². The van der Waals surface area contributed by atoms with Crippen molar-refractivity contribution in [1.29, 1.82) is 0 Å². The molecule has 6 nitrogen and oxygen atoms in total. The van der Waals surface area contributed by atoms with Gasteiger partial charge in [-0.15, -0.1) is 0 Å². The molecule has 28 heavy (non-hydrogen) atoms. The van der Waals surface area contributed by atoms with Crippen LogP contribution in [0.2, 0.25) is 10.0 Å². The van der Waals surface area contributed by atoms with Crippen molar-refractivity contribution in [3.05, 3.63) is 58.2 Å². The molecule has 0 saturated heterocycles. The van der Waals surface area contributed by atoms with Crippen LogP contribution in [0, 0.1) is 0 Å². The summed E-state index contributed by atoms with van der Waals surface area (Å²) in [6.07, 6.45) is 2.49. The molecule has 4 rings (SSSR count). The number of halogens is 2. The van der Waals surface area contributed by atoms with E-state index in [4.69, 9.17) is 32.5 Å². The van der Waals surface area contributed by atoms with E-state index in [1.165, 1.54) is 0 Å². The lowest BCUT2D eigenvalue weighted by Gasteiger charge is -2.10. The van der Waals surface area contributed by atoms with E-state index in [1.807, 2.05) is 13.8 Å². The van der Waals surface area contributed by atoms with Crippen molar-refractivity contribution in [3.63, 3.8) is 0 Å². The van der Waals surface area contributed by atoms with Crippen molar-refractivity contribution < 1.29 is 14.1 Å². The van der Waals surface area contributed by atoms with Crippen molar-refractivity contribution in [1.82, 2.24) is 14.7 Å². The number of ether oxygens (including phenoxy) is 1. The van der Waals surface area contributed by atoms with Gasteiger partial charge in [0.2, 0.25) is 0 Å². The molecule has 0 aliphatic rings. The molecule has 0 aliphatic heterocycles. The zero-order chi connectivity index (χ0) is 19.8. The number of fused-ring (bicyclic) bond motifs is 1. The maximum atomic E-state index is 11.0. The predicted molar refractivity (Wildman–Crippen MR) is 108 cm³/mol. The Kier molecular flexibility index (Phi) is 4.83. The lowest BCUT2D eigenvalue weighted by Crippen LogP contribution is -2.05. The third kappa shape index (κ3) is 3.37. The first-order chi connectivity index (χ1) is 13.5. The van der Waals surface area contributed by atoms with Crippen LogP contribution >= 0.6 is 23.2 Å². The van der Waals surface area contributed by atoms with Crippen LogP contribution < -0.4 is 4.74 Å². The Bertz CT molecular complexity index is 1180. The van der Waals surface area contributed by atoms with E-state index in [0.29, 0.717) is 32.9 Å². The first kappa shape index (κ1) is 18.5. The Morgan fingerprint density at radius 3 is 2.68 bits per heavy atom. The molecule has 8 heteroatoms. The van der Waals surface area contributed by atoms with E-state index < -0.39 is 0 Å². The maximum Gasteiger partial charge on any atom is 0.275 e. The molecule has 0 bridgehead atoms. The second-order valence-corrected chi connectivity index (χ2v) is 7.26. The molecule has 0 N–H and O–H groups in total. The zero-order valence-electron chi connectivity index (χ0n) is 15.0. The van der Waals surface area contributed by atoms with Gasteiger partial charge in [0.05, 0.1) is 27.2 Å². The molecule has 0 atom stereocenters. The second-order valence-electron chi connectivity index (χ2n) is 6.45. The van der Waals surface area contributed by atoms with Crippen LogP contribution in [-0.2, 0) is 0 Å². The largest absolute Gasteiger partial charge is 0.491 e. The summed E-state index contributed by atoms with van der Waals surface area (Å²) in [4.78, 5) is 15.4. The summed E-state index contributed by atoms with van der Waals surface area (Å²) in [5.74, 6) is 1.25. The Labute approximate surface area is 170 Å². The van der Waals surface area contributed by atoms with Crippen LogP contribution in [-0.4, -0.2) is 27.1 Å². The number of hydrogen-bond acceptors (Lipinski definition) is 5. The fourth-order valence-corrected chi connectivity index (χ4v) is 3.38. The highest BCUT2D eigenvalue weighted by Gasteiger charge is 2.17. The Hall–Kier alpha value is -2.83.